The summed E-state index contributed by atoms with van der Waals surface area (Å²) in [6.45, 7) is 3.23. The van der Waals surface area contributed by atoms with E-state index in [9.17, 15) is 26.8 Å². The summed E-state index contributed by atoms with van der Waals surface area (Å²) >= 11 is 0. The van der Waals surface area contributed by atoms with Crippen LogP contribution in [0.3, 0.4) is 0 Å². The van der Waals surface area contributed by atoms with Crippen molar-refractivity contribution in [2.24, 2.45) is 0 Å². The SMILES string of the molecule is CC(C)N1C(=O)C[C@@H](NS(=O)(=O)c2ccc(F)cc2F)C1=O. The molecule has 0 aromatic heterocycles. The first-order valence-electron chi connectivity index (χ1n) is 6.47. The highest BCUT2D eigenvalue weighted by Gasteiger charge is 2.42. The molecule has 1 N–H and O–H groups in total. The van der Waals surface area contributed by atoms with Gasteiger partial charge >= 0.3 is 0 Å². The molecule has 0 aliphatic carbocycles. The van der Waals surface area contributed by atoms with Gasteiger partial charge in [-0.1, -0.05) is 0 Å². The number of sulfonamides is 1. The molecule has 0 radical (unpaired) electrons. The zero-order valence-corrected chi connectivity index (χ0v) is 12.7. The molecule has 120 valence electrons. The molecule has 1 aliphatic heterocycles. The molecule has 1 fully saturated rings. The topological polar surface area (TPSA) is 83.6 Å². The van der Waals surface area contributed by atoms with Crippen LogP contribution in [0.15, 0.2) is 23.1 Å². The number of benzene rings is 1. The second kappa shape index (κ2) is 5.73. The van der Waals surface area contributed by atoms with E-state index in [0.29, 0.717) is 6.07 Å². The third kappa shape index (κ3) is 3.00. The molecule has 6 nitrogen and oxygen atoms in total. The average molecular weight is 332 g/mol. The van der Waals surface area contributed by atoms with E-state index in [1.54, 1.807) is 13.8 Å². The van der Waals surface area contributed by atoms with Gasteiger partial charge in [-0.2, -0.15) is 4.72 Å². The standard InChI is InChI=1S/C13H14F2N2O4S/c1-7(2)17-12(18)6-10(13(17)19)16-22(20,21)11-4-3-8(14)5-9(11)15/h3-5,7,10,16H,6H2,1-2H3/t10-/m1/s1. The Hall–Kier alpha value is -1.87. The molecule has 2 amide bonds. The Morgan fingerprint density at radius 2 is 1.91 bits per heavy atom. The summed E-state index contributed by atoms with van der Waals surface area (Å²) in [5, 5.41) is 0. The Bertz CT molecular complexity index is 734. The van der Waals surface area contributed by atoms with Crippen LogP contribution in [0.2, 0.25) is 0 Å². The molecule has 9 heteroatoms. The number of hydrogen-bond acceptors (Lipinski definition) is 4. The van der Waals surface area contributed by atoms with Crippen LogP contribution in [0.1, 0.15) is 20.3 Å². The Kier molecular flexibility index (Phi) is 4.30. The van der Waals surface area contributed by atoms with Gasteiger partial charge in [0.15, 0.2) is 0 Å². The van der Waals surface area contributed by atoms with E-state index in [2.05, 4.69) is 0 Å². The van der Waals surface area contributed by atoms with Crippen molar-refractivity contribution in [1.82, 2.24) is 9.62 Å². The molecular formula is C13H14F2N2O4S. The molecule has 1 heterocycles. The van der Waals surface area contributed by atoms with Gasteiger partial charge in [0, 0.05) is 12.1 Å². The number of imide groups is 1. The van der Waals surface area contributed by atoms with Gasteiger partial charge in [-0.15, -0.1) is 0 Å². The lowest BCUT2D eigenvalue weighted by Gasteiger charge is -2.19. The molecular weight excluding hydrogens is 318 g/mol. The van der Waals surface area contributed by atoms with E-state index in [4.69, 9.17) is 0 Å². The van der Waals surface area contributed by atoms with Gasteiger partial charge in [-0.3, -0.25) is 14.5 Å². The molecule has 1 aliphatic rings. The van der Waals surface area contributed by atoms with Crippen LogP contribution in [0.5, 0.6) is 0 Å². The molecule has 0 unspecified atom stereocenters. The third-order valence-corrected chi connectivity index (χ3v) is 4.69. The number of nitrogens with one attached hydrogen (secondary N) is 1. The number of hydrogen-bond donors (Lipinski definition) is 1. The first-order valence-corrected chi connectivity index (χ1v) is 7.95. The predicted octanol–water partition coefficient (Wildman–Crippen LogP) is 0.779. The smallest absolute Gasteiger partial charge is 0.248 e. The van der Waals surface area contributed by atoms with Crippen molar-refractivity contribution in [3.8, 4) is 0 Å². The minimum Gasteiger partial charge on any atom is -0.279 e. The van der Waals surface area contributed by atoms with E-state index < -0.39 is 50.5 Å². The van der Waals surface area contributed by atoms with Crippen LogP contribution in [0, 0.1) is 11.6 Å². The van der Waals surface area contributed by atoms with Crippen molar-refractivity contribution in [2.75, 3.05) is 0 Å². The van der Waals surface area contributed by atoms with Gasteiger partial charge in [0.25, 0.3) is 0 Å². The monoisotopic (exact) mass is 332 g/mol. The number of rotatable bonds is 4. The van der Waals surface area contributed by atoms with Crippen LogP contribution in [-0.2, 0) is 19.6 Å². The van der Waals surface area contributed by atoms with Crippen LogP contribution < -0.4 is 4.72 Å². The maximum absolute atomic E-state index is 13.6. The molecule has 1 saturated heterocycles. The van der Waals surface area contributed by atoms with Crippen molar-refractivity contribution in [1.29, 1.82) is 0 Å². The predicted molar refractivity (Wildman–Crippen MR) is 72.1 cm³/mol. The number of carbonyl (C=O) groups is 2. The summed E-state index contributed by atoms with van der Waals surface area (Å²) in [5.41, 5.74) is 0. The van der Waals surface area contributed by atoms with Crippen LogP contribution in [0.25, 0.3) is 0 Å². The molecule has 1 aromatic rings. The van der Waals surface area contributed by atoms with Crippen molar-refractivity contribution in [2.45, 2.75) is 37.2 Å². The fraction of sp³-hybridized carbons (Fsp3) is 0.385. The fourth-order valence-corrected chi connectivity index (χ4v) is 3.48. The highest BCUT2D eigenvalue weighted by molar-refractivity contribution is 7.89. The van der Waals surface area contributed by atoms with Crippen LogP contribution in [-0.4, -0.2) is 37.2 Å². The second-order valence-electron chi connectivity index (χ2n) is 5.15. The number of halogens is 2. The number of likely N-dealkylation sites (tertiary alicyclic amines) is 1. The van der Waals surface area contributed by atoms with Gasteiger partial charge in [-0.05, 0) is 26.0 Å². The molecule has 0 bridgehead atoms. The van der Waals surface area contributed by atoms with Crippen molar-refractivity contribution in [3.63, 3.8) is 0 Å². The van der Waals surface area contributed by atoms with Crippen LogP contribution in [0.4, 0.5) is 8.78 Å². The number of nitrogens with zero attached hydrogens (tertiary/aromatic N) is 1. The Labute approximate surface area is 126 Å². The van der Waals surface area contributed by atoms with Gasteiger partial charge in [-0.25, -0.2) is 17.2 Å². The van der Waals surface area contributed by atoms with Gasteiger partial charge in [0.1, 0.15) is 22.6 Å². The molecule has 1 atom stereocenters. The molecule has 0 saturated carbocycles. The largest absolute Gasteiger partial charge is 0.279 e. The summed E-state index contributed by atoms with van der Waals surface area (Å²) in [5.74, 6) is -3.39. The molecule has 2 rings (SSSR count). The van der Waals surface area contributed by atoms with Crippen LogP contribution >= 0.6 is 0 Å². The zero-order chi connectivity index (χ0) is 16.7. The molecule has 0 spiro atoms. The first-order chi connectivity index (χ1) is 10.1. The first kappa shape index (κ1) is 16.5. The average Bonchev–Trinajstić information content (AvgIpc) is 2.62. The molecule has 1 aromatic carbocycles. The Balaban J connectivity index is 2.27. The fourth-order valence-electron chi connectivity index (χ4n) is 2.23. The summed E-state index contributed by atoms with van der Waals surface area (Å²) in [7, 11) is -4.39. The van der Waals surface area contributed by atoms with E-state index in [0.717, 1.165) is 17.0 Å². The van der Waals surface area contributed by atoms with Gasteiger partial charge in [0.2, 0.25) is 21.8 Å². The Morgan fingerprint density at radius 1 is 1.27 bits per heavy atom. The summed E-state index contributed by atoms with van der Waals surface area (Å²) in [4.78, 5) is 23.9. The summed E-state index contributed by atoms with van der Waals surface area (Å²) in [6.07, 6.45) is -0.334. The minimum atomic E-state index is -4.39. The third-order valence-electron chi connectivity index (χ3n) is 3.18. The summed E-state index contributed by atoms with van der Waals surface area (Å²) < 4.78 is 52.6. The highest BCUT2D eigenvalue weighted by atomic mass is 32.2. The van der Waals surface area contributed by atoms with Crippen molar-refractivity contribution >= 4 is 21.8 Å². The quantitative estimate of drug-likeness (QED) is 0.826. The lowest BCUT2D eigenvalue weighted by atomic mass is 10.3. The zero-order valence-electron chi connectivity index (χ0n) is 11.8. The van der Waals surface area contributed by atoms with E-state index in [1.807, 2.05) is 4.72 Å². The maximum atomic E-state index is 13.6. The highest BCUT2D eigenvalue weighted by Crippen LogP contribution is 2.20. The van der Waals surface area contributed by atoms with Gasteiger partial charge in [0.05, 0.1) is 6.42 Å². The second-order valence-corrected chi connectivity index (χ2v) is 6.83. The number of carbonyl (C=O) groups excluding carboxylic acids is 2. The van der Waals surface area contributed by atoms with Gasteiger partial charge < -0.3 is 0 Å². The molecule has 22 heavy (non-hydrogen) atoms. The van der Waals surface area contributed by atoms with Crippen molar-refractivity contribution in [3.05, 3.63) is 29.8 Å². The normalized spacial score (nSPS) is 19.3. The maximum Gasteiger partial charge on any atom is 0.248 e. The van der Waals surface area contributed by atoms with Crippen molar-refractivity contribution < 1.29 is 26.8 Å². The Morgan fingerprint density at radius 3 is 2.41 bits per heavy atom. The number of amides is 2. The summed E-state index contributed by atoms with van der Waals surface area (Å²) in [6, 6.07) is 0.284. The van der Waals surface area contributed by atoms with E-state index in [-0.39, 0.29) is 6.42 Å². The van der Waals surface area contributed by atoms with E-state index in [1.165, 1.54) is 0 Å². The minimum absolute atomic E-state index is 0.334. The van der Waals surface area contributed by atoms with E-state index >= 15 is 0 Å². The lowest BCUT2D eigenvalue weighted by molar-refractivity contribution is -0.140. The lowest BCUT2D eigenvalue weighted by Crippen LogP contribution is -2.43.